The first-order valence-corrected chi connectivity index (χ1v) is 5.73. The van der Waals surface area contributed by atoms with Gasteiger partial charge in [0.1, 0.15) is 17.3 Å². The molecule has 2 rings (SSSR count). The lowest BCUT2D eigenvalue weighted by atomic mass is 10.2. The summed E-state index contributed by atoms with van der Waals surface area (Å²) in [6.45, 7) is 0. The minimum Gasteiger partial charge on any atom is -0.318 e. The van der Waals surface area contributed by atoms with E-state index in [2.05, 4.69) is 26.2 Å². The van der Waals surface area contributed by atoms with Gasteiger partial charge in [-0.2, -0.15) is 0 Å². The van der Waals surface area contributed by atoms with Crippen LogP contribution in [-0.2, 0) is 0 Å². The van der Waals surface area contributed by atoms with Crippen molar-refractivity contribution < 1.29 is 13.6 Å². The standard InChI is InChI=1S/C12H7BrF2N2O/c13-7-1-4-10(16-6-7)12(18)17-11-5-8(14)2-3-9(11)15/h1-6H,(H,17,18). The Bertz CT molecular complexity index is 587. The maximum Gasteiger partial charge on any atom is 0.274 e. The summed E-state index contributed by atoms with van der Waals surface area (Å²) in [5, 5.41) is 2.26. The molecule has 0 aliphatic carbocycles. The molecule has 3 nitrogen and oxygen atoms in total. The number of nitrogens with one attached hydrogen (secondary N) is 1. The Morgan fingerprint density at radius 1 is 1.22 bits per heavy atom. The zero-order valence-electron chi connectivity index (χ0n) is 8.95. The molecule has 1 aromatic carbocycles. The van der Waals surface area contributed by atoms with Gasteiger partial charge < -0.3 is 5.32 Å². The van der Waals surface area contributed by atoms with Crippen LogP contribution in [0.25, 0.3) is 0 Å². The van der Waals surface area contributed by atoms with Crippen molar-refractivity contribution in [1.29, 1.82) is 0 Å². The predicted octanol–water partition coefficient (Wildman–Crippen LogP) is 3.37. The second kappa shape index (κ2) is 5.22. The van der Waals surface area contributed by atoms with Gasteiger partial charge in [0.25, 0.3) is 5.91 Å². The highest BCUT2D eigenvalue weighted by Gasteiger charge is 2.11. The molecule has 0 radical (unpaired) electrons. The molecular formula is C12H7BrF2N2O. The number of anilines is 1. The molecule has 1 heterocycles. The Morgan fingerprint density at radius 3 is 2.67 bits per heavy atom. The van der Waals surface area contributed by atoms with E-state index < -0.39 is 17.5 Å². The molecule has 6 heteroatoms. The van der Waals surface area contributed by atoms with Gasteiger partial charge in [0, 0.05) is 16.7 Å². The summed E-state index contributed by atoms with van der Waals surface area (Å²) in [5.41, 5.74) is -0.105. The van der Waals surface area contributed by atoms with Crippen molar-refractivity contribution in [2.75, 3.05) is 5.32 Å². The largest absolute Gasteiger partial charge is 0.318 e. The van der Waals surface area contributed by atoms with Gasteiger partial charge in [0.15, 0.2) is 0 Å². The van der Waals surface area contributed by atoms with E-state index in [-0.39, 0.29) is 11.4 Å². The van der Waals surface area contributed by atoms with Crippen molar-refractivity contribution in [2.24, 2.45) is 0 Å². The Kier molecular flexibility index (Phi) is 3.66. The number of carbonyl (C=O) groups excluding carboxylic acids is 1. The van der Waals surface area contributed by atoms with Gasteiger partial charge in [-0.25, -0.2) is 13.8 Å². The number of aromatic nitrogens is 1. The van der Waals surface area contributed by atoms with Crippen LogP contribution in [0.15, 0.2) is 41.0 Å². The number of carbonyl (C=O) groups is 1. The summed E-state index contributed by atoms with van der Waals surface area (Å²) in [4.78, 5) is 15.6. The fraction of sp³-hybridized carbons (Fsp3) is 0. The molecule has 0 spiro atoms. The third-order valence-corrected chi connectivity index (χ3v) is 2.61. The lowest BCUT2D eigenvalue weighted by Gasteiger charge is -2.05. The van der Waals surface area contributed by atoms with Crippen molar-refractivity contribution >= 4 is 27.5 Å². The minimum atomic E-state index is -0.707. The number of hydrogen-bond donors (Lipinski definition) is 1. The van der Waals surface area contributed by atoms with E-state index in [0.29, 0.717) is 0 Å². The number of pyridine rings is 1. The van der Waals surface area contributed by atoms with Crippen LogP contribution in [0.4, 0.5) is 14.5 Å². The molecule has 0 saturated carbocycles. The summed E-state index contributed by atoms with van der Waals surface area (Å²) in [6.07, 6.45) is 1.44. The van der Waals surface area contributed by atoms with Crippen molar-refractivity contribution in [3.05, 3.63) is 58.3 Å². The Hall–Kier alpha value is -1.82. The van der Waals surface area contributed by atoms with Crippen LogP contribution in [0.5, 0.6) is 0 Å². The predicted molar refractivity (Wildman–Crippen MR) is 66.2 cm³/mol. The summed E-state index contributed by atoms with van der Waals surface area (Å²) >= 11 is 3.18. The van der Waals surface area contributed by atoms with Gasteiger partial charge in [-0.05, 0) is 40.2 Å². The molecule has 0 atom stereocenters. The molecule has 2 aromatic rings. The zero-order valence-corrected chi connectivity index (χ0v) is 10.5. The minimum absolute atomic E-state index is 0.113. The second-order valence-corrected chi connectivity index (χ2v) is 4.36. The Morgan fingerprint density at radius 2 is 2.00 bits per heavy atom. The van der Waals surface area contributed by atoms with Gasteiger partial charge in [-0.15, -0.1) is 0 Å². The van der Waals surface area contributed by atoms with Gasteiger partial charge >= 0.3 is 0 Å². The van der Waals surface area contributed by atoms with Crippen molar-refractivity contribution in [2.45, 2.75) is 0 Å². The van der Waals surface area contributed by atoms with Gasteiger partial charge in [0.2, 0.25) is 0 Å². The van der Waals surface area contributed by atoms with Crippen LogP contribution in [0.2, 0.25) is 0 Å². The fourth-order valence-electron chi connectivity index (χ4n) is 1.29. The van der Waals surface area contributed by atoms with Crippen LogP contribution in [0.1, 0.15) is 10.5 Å². The van der Waals surface area contributed by atoms with E-state index in [4.69, 9.17) is 0 Å². The summed E-state index contributed by atoms with van der Waals surface area (Å²) in [5.74, 6) is -1.94. The molecule has 18 heavy (non-hydrogen) atoms. The first kappa shape index (κ1) is 12.6. The Balaban J connectivity index is 2.21. The van der Waals surface area contributed by atoms with E-state index in [1.807, 2.05) is 0 Å². The number of rotatable bonds is 2. The van der Waals surface area contributed by atoms with E-state index >= 15 is 0 Å². The quantitative estimate of drug-likeness (QED) is 0.923. The number of benzene rings is 1. The fourth-order valence-corrected chi connectivity index (χ4v) is 1.52. The molecule has 0 unspecified atom stereocenters. The van der Waals surface area contributed by atoms with Crippen LogP contribution >= 0.6 is 15.9 Å². The first-order valence-electron chi connectivity index (χ1n) is 4.94. The molecule has 1 amide bonds. The number of hydrogen-bond acceptors (Lipinski definition) is 2. The second-order valence-electron chi connectivity index (χ2n) is 3.44. The monoisotopic (exact) mass is 312 g/mol. The third kappa shape index (κ3) is 2.89. The average molecular weight is 313 g/mol. The lowest BCUT2D eigenvalue weighted by molar-refractivity contribution is 0.102. The highest BCUT2D eigenvalue weighted by molar-refractivity contribution is 9.10. The van der Waals surface area contributed by atoms with Crippen LogP contribution in [0.3, 0.4) is 0 Å². The molecule has 0 aliphatic heterocycles. The number of nitrogens with zero attached hydrogens (tertiary/aromatic N) is 1. The molecule has 0 aliphatic rings. The SMILES string of the molecule is O=C(Nc1cc(F)ccc1F)c1ccc(Br)cn1. The number of amides is 1. The molecular weight excluding hydrogens is 306 g/mol. The molecule has 0 fully saturated rings. The Labute approximate surface area is 110 Å². The van der Waals surface area contributed by atoms with Crippen molar-refractivity contribution in [1.82, 2.24) is 4.98 Å². The molecule has 1 N–H and O–H groups in total. The normalized spacial score (nSPS) is 10.2. The maximum atomic E-state index is 13.3. The topological polar surface area (TPSA) is 42.0 Å². The van der Waals surface area contributed by atoms with E-state index in [1.54, 1.807) is 6.07 Å². The summed E-state index contributed by atoms with van der Waals surface area (Å²) < 4.78 is 26.9. The zero-order chi connectivity index (χ0) is 13.1. The molecule has 1 aromatic heterocycles. The van der Waals surface area contributed by atoms with Gasteiger partial charge in [-0.1, -0.05) is 0 Å². The van der Waals surface area contributed by atoms with E-state index in [9.17, 15) is 13.6 Å². The van der Waals surface area contributed by atoms with E-state index in [1.165, 1.54) is 12.3 Å². The molecule has 92 valence electrons. The van der Waals surface area contributed by atoms with Crippen LogP contribution in [0, 0.1) is 11.6 Å². The maximum absolute atomic E-state index is 13.3. The number of halogens is 3. The summed E-state index contributed by atoms with van der Waals surface area (Å²) in [6, 6.07) is 5.93. The highest BCUT2D eigenvalue weighted by atomic mass is 79.9. The summed E-state index contributed by atoms with van der Waals surface area (Å²) in [7, 11) is 0. The highest BCUT2D eigenvalue weighted by Crippen LogP contribution is 2.16. The van der Waals surface area contributed by atoms with Crippen molar-refractivity contribution in [3.8, 4) is 0 Å². The average Bonchev–Trinajstić information content (AvgIpc) is 2.34. The van der Waals surface area contributed by atoms with Crippen molar-refractivity contribution in [3.63, 3.8) is 0 Å². The van der Waals surface area contributed by atoms with Gasteiger partial charge in [0.05, 0.1) is 5.69 Å². The molecule has 0 bridgehead atoms. The first-order chi connectivity index (χ1) is 8.56. The lowest BCUT2D eigenvalue weighted by Crippen LogP contribution is -2.14. The van der Waals surface area contributed by atoms with E-state index in [0.717, 1.165) is 22.7 Å². The molecule has 0 saturated heterocycles. The van der Waals surface area contributed by atoms with Crippen LogP contribution in [-0.4, -0.2) is 10.9 Å². The smallest absolute Gasteiger partial charge is 0.274 e. The third-order valence-electron chi connectivity index (χ3n) is 2.14. The van der Waals surface area contributed by atoms with Crippen LogP contribution < -0.4 is 5.32 Å². The van der Waals surface area contributed by atoms with Gasteiger partial charge in [-0.3, -0.25) is 4.79 Å².